The minimum Gasteiger partial charge on any atom is -0.503 e. The van der Waals surface area contributed by atoms with Crippen LogP contribution in [0.15, 0.2) is 39.8 Å². The van der Waals surface area contributed by atoms with Crippen LogP contribution in [0.2, 0.25) is 10.0 Å². The SMILES string of the molecule is COc1cc(C=Nc2c(Cl)cccc2Cl)cc(Br)c1O. The van der Waals surface area contributed by atoms with E-state index >= 15 is 0 Å². The molecule has 3 nitrogen and oxygen atoms in total. The Kier molecular flexibility index (Phi) is 4.91. The highest BCUT2D eigenvalue weighted by atomic mass is 79.9. The molecule has 0 aliphatic heterocycles. The fourth-order valence-corrected chi connectivity index (χ4v) is 2.53. The largest absolute Gasteiger partial charge is 0.503 e. The van der Waals surface area contributed by atoms with Crippen molar-refractivity contribution in [2.24, 2.45) is 4.99 Å². The molecule has 0 aliphatic rings. The second-order valence-corrected chi connectivity index (χ2v) is 5.55. The van der Waals surface area contributed by atoms with E-state index in [-0.39, 0.29) is 5.75 Å². The van der Waals surface area contributed by atoms with Crippen molar-refractivity contribution in [3.05, 3.63) is 50.4 Å². The molecule has 20 heavy (non-hydrogen) atoms. The van der Waals surface area contributed by atoms with Crippen LogP contribution in [0.3, 0.4) is 0 Å². The second-order valence-electron chi connectivity index (χ2n) is 3.88. The molecular weight excluding hydrogens is 365 g/mol. The molecule has 0 saturated heterocycles. The van der Waals surface area contributed by atoms with Gasteiger partial charge in [-0.2, -0.15) is 0 Å². The number of aromatic hydroxyl groups is 1. The number of aliphatic imine (C=N–C) groups is 1. The van der Waals surface area contributed by atoms with Crippen molar-refractivity contribution in [1.29, 1.82) is 0 Å². The average Bonchev–Trinajstić information content (AvgIpc) is 2.42. The number of rotatable bonds is 3. The Hall–Kier alpha value is -1.23. The highest BCUT2D eigenvalue weighted by Crippen LogP contribution is 2.36. The second kappa shape index (κ2) is 6.48. The Morgan fingerprint density at radius 2 is 1.90 bits per heavy atom. The van der Waals surface area contributed by atoms with Crippen molar-refractivity contribution < 1.29 is 9.84 Å². The maximum absolute atomic E-state index is 9.74. The molecular formula is C14H10BrCl2NO2. The van der Waals surface area contributed by atoms with Gasteiger partial charge in [-0.25, -0.2) is 0 Å². The number of hydrogen-bond donors (Lipinski definition) is 1. The predicted molar refractivity (Wildman–Crippen MR) is 86.1 cm³/mol. The first-order chi connectivity index (χ1) is 9.52. The third-order valence-corrected chi connectivity index (χ3v) is 3.77. The molecule has 0 radical (unpaired) electrons. The summed E-state index contributed by atoms with van der Waals surface area (Å²) < 4.78 is 5.59. The van der Waals surface area contributed by atoms with E-state index in [1.165, 1.54) is 7.11 Å². The lowest BCUT2D eigenvalue weighted by Gasteiger charge is -2.06. The maximum atomic E-state index is 9.74. The van der Waals surface area contributed by atoms with Gasteiger partial charge in [0.1, 0.15) is 5.69 Å². The van der Waals surface area contributed by atoms with E-state index in [1.807, 2.05) is 0 Å². The van der Waals surface area contributed by atoms with Gasteiger partial charge in [0.25, 0.3) is 0 Å². The summed E-state index contributed by atoms with van der Waals surface area (Å²) in [5, 5.41) is 10.7. The molecule has 1 N–H and O–H groups in total. The Bertz CT molecular complexity index is 654. The Morgan fingerprint density at radius 3 is 2.50 bits per heavy atom. The van der Waals surface area contributed by atoms with Crippen molar-refractivity contribution in [2.75, 3.05) is 7.11 Å². The zero-order valence-corrected chi connectivity index (χ0v) is 13.5. The van der Waals surface area contributed by atoms with Gasteiger partial charge >= 0.3 is 0 Å². The van der Waals surface area contributed by atoms with E-state index in [2.05, 4.69) is 20.9 Å². The van der Waals surface area contributed by atoms with Crippen LogP contribution in [0.4, 0.5) is 5.69 Å². The minimum absolute atomic E-state index is 0.0421. The first-order valence-electron chi connectivity index (χ1n) is 5.57. The number of ether oxygens (including phenoxy) is 1. The number of phenolic OH excluding ortho intramolecular Hbond substituents is 1. The van der Waals surface area contributed by atoms with Gasteiger partial charge in [0.05, 0.1) is 21.6 Å². The zero-order chi connectivity index (χ0) is 14.7. The van der Waals surface area contributed by atoms with Crippen LogP contribution in [0.5, 0.6) is 11.5 Å². The number of benzene rings is 2. The van der Waals surface area contributed by atoms with Crippen molar-refractivity contribution in [3.8, 4) is 11.5 Å². The van der Waals surface area contributed by atoms with Crippen molar-refractivity contribution in [3.63, 3.8) is 0 Å². The molecule has 0 spiro atoms. The van der Waals surface area contributed by atoms with Gasteiger partial charge in [-0.3, -0.25) is 4.99 Å². The van der Waals surface area contributed by atoms with Crippen LogP contribution < -0.4 is 4.74 Å². The summed E-state index contributed by atoms with van der Waals surface area (Å²) in [4.78, 5) is 4.27. The molecule has 6 heteroatoms. The van der Waals surface area contributed by atoms with E-state index in [0.29, 0.717) is 26.0 Å². The van der Waals surface area contributed by atoms with E-state index in [4.69, 9.17) is 27.9 Å². The molecule has 0 amide bonds. The van der Waals surface area contributed by atoms with Gasteiger partial charge in [-0.15, -0.1) is 0 Å². The summed E-state index contributed by atoms with van der Waals surface area (Å²) in [5.74, 6) is 0.395. The van der Waals surface area contributed by atoms with Crippen molar-refractivity contribution in [1.82, 2.24) is 0 Å². The molecule has 0 aliphatic carbocycles. The quantitative estimate of drug-likeness (QED) is 0.748. The summed E-state index contributed by atoms with van der Waals surface area (Å²) >= 11 is 15.3. The van der Waals surface area contributed by atoms with Crippen LogP contribution in [-0.2, 0) is 0 Å². The summed E-state index contributed by atoms with van der Waals surface area (Å²) in [6.45, 7) is 0. The van der Waals surface area contributed by atoms with E-state index in [9.17, 15) is 5.11 Å². The minimum atomic E-state index is 0.0421. The van der Waals surface area contributed by atoms with Crippen molar-refractivity contribution in [2.45, 2.75) is 0 Å². The molecule has 0 bridgehead atoms. The first-order valence-corrected chi connectivity index (χ1v) is 7.12. The smallest absolute Gasteiger partial charge is 0.172 e. The average molecular weight is 375 g/mol. The van der Waals surface area contributed by atoms with Crippen LogP contribution in [0, 0.1) is 0 Å². The number of methoxy groups -OCH3 is 1. The molecule has 0 saturated carbocycles. The fourth-order valence-electron chi connectivity index (χ4n) is 1.58. The van der Waals surface area contributed by atoms with Gasteiger partial charge in [0.2, 0.25) is 0 Å². The van der Waals surface area contributed by atoms with Gasteiger partial charge in [0.15, 0.2) is 11.5 Å². The van der Waals surface area contributed by atoms with E-state index < -0.39 is 0 Å². The topological polar surface area (TPSA) is 41.8 Å². The lowest BCUT2D eigenvalue weighted by molar-refractivity contribution is 0.372. The molecule has 2 aromatic rings. The lowest BCUT2D eigenvalue weighted by atomic mass is 10.2. The predicted octanol–water partition coefficient (Wildman–Crippen LogP) is 5.22. The molecule has 0 atom stereocenters. The molecule has 104 valence electrons. The van der Waals surface area contributed by atoms with Gasteiger partial charge in [0, 0.05) is 6.21 Å². The molecule has 0 unspecified atom stereocenters. The molecule has 0 aromatic heterocycles. The summed E-state index contributed by atoms with van der Waals surface area (Å²) in [5.41, 5.74) is 1.24. The Morgan fingerprint density at radius 1 is 1.25 bits per heavy atom. The maximum Gasteiger partial charge on any atom is 0.172 e. The number of para-hydroxylation sites is 1. The monoisotopic (exact) mass is 373 g/mol. The van der Waals surface area contributed by atoms with Crippen LogP contribution in [0.25, 0.3) is 0 Å². The fraction of sp³-hybridized carbons (Fsp3) is 0.0714. The Balaban J connectivity index is 2.39. The van der Waals surface area contributed by atoms with Crippen LogP contribution in [0.1, 0.15) is 5.56 Å². The molecule has 0 fully saturated rings. The summed E-state index contributed by atoms with van der Waals surface area (Å²) in [6, 6.07) is 8.56. The van der Waals surface area contributed by atoms with E-state index in [0.717, 1.165) is 5.56 Å². The summed E-state index contributed by atoms with van der Waals surface area (Å²) in [7, 11) is 1.48. The standard InChI is InChI=1S/C14H10BrCl2NO2/c1-20-12-6-8(5-9(15)14(12)19)7-18-13-10(16)3-2-4-11(13)17/h2-7,19H,1H3. The summed E-state index contributed by atoms with van der Waals surface area (Å²) in [6.07, 6.45) is 1.60. The third-order valence-electron chi connectivity index (χ3n) is 2.55. The van der Waals surface area contributed by atoms with Crippen LogP contribution >= 0.6 is 39.1 Å². The highest BCUT2D eigenvalue weighted by molar-refractivity contribution is 9.10. The van der Waals surface area contributed by atoms with Crippen molar-refractivity contribution >= 4 is 51.0 Å². The third kappa shape index (κ3) is 3.26. The zero-order valence-electron chi connectivity index (χ0n) is 10.4. The number of phenols is 1. The number of hydrogen-bond acceptors (Lipinski definition) is 3. The van der Waals surface area contributed by atoms with E-state index in [1.54, 1.807) is 36.5 Å². The normalized spacial score (nSPS) is 11.0. The number of halogens is 3. The molecule has 2 aromatic carbocycles. The molecule has 2 rings (SSSR count). The number of nitrogens with zero attached hydrogens (tertiary/aromatic N) is 1. The van der Waals surface area contributed by atoms with Gasteiger partial charge < -0.3 is 9.84 Å². The van der Waals surface area contributed by atoms with Gasteiger partial charge in [-0.1, -0.05) is 29.3 Å². The molecule has 0 heterocycles. The van der Waals surface area contributed by atoms with Gasteiger partial charge in [-0.05, 0) is 45.8 Å². The van der Waals surface area contributed by atoms with Crippen LogP contribution in [-0.4, -0.2) is 18.4 Å². The Labute approximate surface area is 134 Å². The first kappa shape index (κ1) is 15.2. The lowest BCUT2D eigenvalue weighted by Crippen LogP contribution is -1.88. The highest BCUT2D eigenvalue weighted by Gasteiger charge is 2.08.